The molecule has 0 aromatic heterocycles. The van der Waals surface area contributed by atoms with Gasteiger partial charge >= 0.3 is 12.0 Å². The minimum atomic E-state index is -0.770. The van der Waals surface area contributed by atoms with Gasteiger partial charge in [0, 0.05) is 13.1 Å². The monoisotopic (exact) mass is 325 g/mol. The maximum atomic E-state index is 11.8. The van der Waals surface area contributed by atoms with Gasteiger partial charge < -0.3 is 15.0 Å². The standard InChI is InChI=1S/C15H23N3O5/c1-10-5-3-4-6-11(10)16-12(19)9-23-14(21)8-18-13(20)7-17(2)15(18)22/h10-11H,3-9H2,1-2H3,(H,16,19)/t10-,11-/m1/s1. The van der Waals surface area contributed by atoms with Gasteiger partial charge in [-0.3, -0.25) is 19.3 Å². The topological polar surface area (TPSA) is 96.0 Å². The van der Waals surface area contributed by atoms with Crippen molar-refractivity contribution in [1.29, 1.82) is 0 Å². The van der Waals surface area contributed by atoms with Crippen molar-refractivity contribution >= 4 is 23.8 Å². The summed E-state index contributed by atoms with van der Waals surface area (Å²) >= 11 is 0. The molecular formula is C15H23N3O5. The molecule has 128 valence electrons. The lowest BCUT2D eigenvalue weighted by molar-refractivity contribution is -0.150. The molecule has 23 heavy (non-hydrogen) atoms. The van der Waals surface area contributed by atoms with Gasteiger partial charge in [0.15, 0.2) is 6.61 Å². The molecule has 8 nitrogen and oxygen atoms in total. The van der Waals surface area contributed by atoms with Gasteiger partial charge in [-0.25, -0.2) is 4.79 Å². The number of likely N-dealkylation sites (N-methyl/N-ethyl adjacent to an activating group) is 1. The number of rotatable bonds is 5. The molecule has 1 saturated carbocycles. The van der Waals surface area contributed by atoms with Crippen LogP contribution in [0.5, 0.6) is 0 Å². The Bertz CT molecular complexity index is 507. The van der Waals surface area contributed by atoms with Crippen molar-refractivity contribution < 1.29 is 23.9 Å². The Morgan fingerprint density at radius 3 is 2.57 bits per heavy atom. The zero-order valence-electron chi connectivity index (χ0n) is 13.5. The predicted molar refractivity (Wildman–Crippen MR) is 80.3 cm³/mol. The van der Waals surface area contributed by atoms with Crippen LogP contribution in [0.25, 0.3) is 0 Å². The molecule has 0 unspecified atom stereocenters. The van der Waals surface area contributed by atoms with Crippen molar-refractivity contribution in [2.45, 2.75) is 38.6 Å². The number of hydrogen-bond acceptors (Lipinski definition) is 5. The van der Waals surface area contributed by atoms with E-state index in [-0.39, 0.29) is 18.5 Å². The van der Waals surface area contributed by atoms with Crippen LogP contribution >= 0.6 is 0 Å². The van der Waals surface area contributed by atoms with Crippen LogP contribution in [-0.2, 0) is 19.1 Å². The van der Waals surface area contributed by atoms with Crippen molar-refractivity contribution in [3.8, 4) is 0 Å². The first-order chi connectivity index (χ1) is 10.9. The van der Waals surface area contributed by atoms with Crippen molar-refractivity contribution in [2.24, 2.45) is 5.92 Å². The highest BCUT2D eigenvalue weighted by Gasteiger charge is 2.35. The zero-order chi connectivity index (χ0) is 17.0. The molecular weight excluding hydrogens is 302 g/mol. The molecule has 1 aliphatic carbocycles. The summed E-state index contributed by atoms with van der Waals surface area (Å²) in [7, 11) is 1.48. The minimum absolute atomic E-state index is 0.0494. The minimum Gasteiger partial charge on any atom is -0.454 e. The number of urea groups is 1. The second-order valence-corrected chi connectivity index (χ2v) is 6.21. The van der Waals surface area contributed by atoms with E-state index in [0.29, 0.717) is 5.92 Å². The van der Waals surface area contributed by atoms with Crippen LogP contribution < -0.4 is 5.32 Å². The van der Waals surface area contributed by atoms with E-state index in [1.165, 1.54) is 18.4 Å². The van der Waals surface area contributed by atoms with Gasteiger partial charge in [0.2, 0.25) is 0 Å². The van der Waals surface area contributed by atoms with E-state index in [0.717, 1.165) is 24.2 Å². The van der Waals surface area contributed by atoms with Gasteiger partial charge in [-0.1, -0.05) is 19.8 Å². The number of carbonyl (C=O) groups excluding carboxylic acids is 4. The van der Waals surface area contributed by atoms with Gasteiger partial charge in [0.05, 0.1) is 0 Å². The summed E-state index contributed by atoms with van der Waals surface area (Å²) in [4.78, 5) is 48.7. The fraction of sp³-hybridized carbons (Fsp3) is 0.733. The first-order valence-electron chi connectivity index (χ1n) is 7.89. The Kier molecular flexibility index (Phi) is 5.57. The predicted octanol–water partition coefficient (Wildman–Crippen LogP) is 0.119. The second-order valence-electron chi connectivity index (χ2n) is 6.21. The molecule has 0 bridgehead atoms. The molecule has 2 rings (SSSR count). The fourth-order valence-electron chi connectivity index (χ4n) is 2.92. The van der Waals surface area contributed by atoms with Gasteiger partial charge in [0.25, 0.3) is 11.8 Å². The van der Waals surface area contributed by atoms with Crippen LogP contribution in [0.15, 0.2) is 0 Å². The summed E-state index contributed by atoms with van der Waals surface area (Å²) in [6.07, 6.45) is 4.28. The summed E-state index contributed by atoms with van der Waals surface area (Å²) in [5.74, 6) is -1.16. The summed E-state index contributed by atoms with van der Waals surface area (Å²) < 4.78 is 4.86. The van der Waals surface area contributed by atoms with Crippen molar-refractivity contribution in [3.05, 3.63) is 0 Å². The highest BCUT2D eigenvalue weighted by Crippen LogP contribution is 2.23. The first kappa shape index (κ1) is 17.2. The molecule has 0 aromatic carbocycles. The average molecular weight is 325 g/mol. The van der Waals surface area contributed by atoms with Crippen LogP contribution in [-0.4, -0.2) is 66.4 Å². The molecule has 1 N–H and O–H groups in total. The SMILES string of the molecule is C[C@@H]1CCCC[C@H]1NC(=O)COC(=O)CN1C(=O)CN(C)C1=O. The van der Waals surface area contributed by atoms with Crippen LogP contribution in [0.2, 0.25) is 0 Å². The summed E-state index contributed by atoms with van der Waals surface area (Å²) in [6.45, 7) is 1.19. The van der Waals surface area contributed by atoms with Crippen LogP contribution in [0, 0.1) is 5.92 Å². The average Bonchev–Trinajstić information content (AvgIpc) is 2.74. The van der Waals surface area contributed by atoms with Crippen LogP contribution in [0.3, 0.4) is 0 Å². The lowest BCUT2D eigenvalue weighted by Crippen LogP contribution is -2.43. The zero-order valence-corrected chi connectivity index (χ0v) is 13.5. The molecule has 1 heterocycles. The number of ether oxygens (including phenoxy) is 1. The summed E-state index contributed by atoms with van der Waals surface area (Å²) in [5.41, 5.74) is 0. The maximum Gasteiger partial charge on any atom is 0.327 e. The highest BCUT2D eigenvalue weighted by molar-refractivity contribution is 6.04. The van der Waals surface area contributed by atoms with E-state index in [1.807, 2.05) is 0 Å². The van der Waals surface area contributed by atoms with E-state index >= 15 is 0 Å². The molecule has 1 aliphatic heterocycles. The molecule has 2 fully saturated rings. The number of hydrogen-bond donors (Lipinski definition) is 1. The number of imide groups is 1. The fourth-order valence-corrected chi connectivity index (χ4v) is 2.92. The van der Waals surface area contributed by atoms with Gasteiger partial charge in [-0.05, 0) is 18.8 Å². The number of amides is 4. The lowest BCUT2D eigenvalue weighted by Gasteiger charge is -2.29. The lowest BCUT2D eigenvalue weighted by atomic mass is 9.86. The number of carbonyl (C=O) groups is 4. The summed E-state index contributed by atoms with van der Waals surface area (Å²) in [6, 6.07) is -0.419. The molecule has 0 radical (unpaired) electrons. The highest BCUT2D eigenvalue weighted by atomic mass is 16.5. The molecule has 0 aromatic rings. The van der Waals surface area contributed by atoms with E-state index in [1.54, 1.807) is 0 Å². The largest absolute Gasteiger partial charge is 0.454 e. The number of nitrogens with one attached hydrogen (secondary N) is 1. The van der Waals surface area contributed by atoms with Crippen LogP contribution in [0.1, 0.15) is 32.6 Å². The molecule has 1 saturated heterocycles. The third-order valence-electron chi connectivity index (χ3n) is 4.34. The normalized spacial score (nSPS) is 24.8. The quantitative estimate of drug-likeness (QED) is 0.572. The van der Waals surface area contributed by atoms with Gasteiger partial charge in [-0.2, -0.15) is 0 Å². The van der Waals surface area contributed by atoms with Crippen LogP contribution in [0.4, 0.5) is 4.79 Å². The van der Waals surface area contributed by atoms with E-state index in [4.69, 9.17) is 4.74 Å². The van der Waals surface area contributed by atoms with E-state index in [9.17, 15) is 19.2 Å². The van der Waals surface area contributed by atoms with Crippen molar-refractivity contribution in [1.82, 2.24) is 15.1 Å². The summed E-state index contributed by atoms with van der Waals surface area (Å²) in [5, 5.41) is 2.87. The van der Waals surface area contributed by atoms with Crippen molar-refractivity contribution in [3.63, 3.8) is 0 Å². The second kappa shape index (κ2) is 7.43. The Hall–Kier alpha value is -2.12. The van der Waals surface area contributed by atoms with E-state index < -0.39 is 31.1 Å². The third kappa shape index (κ3) is 4.43. The molecule has 2 atom stereocenters. The Balaban J connectivity index is 1.72. The van der Waals surface area contributed by atoms with Gasteiger partial charge in [-0.15, -0.1) is 0 Å². The van der Waals surface area contributed by atoms with Gasteiger partial charge in [0.1, 0.15) is 13.1 Å². The Morgan fingerprint density at radius 1 is 1.26 bits per heavy atom. The third-order valence-corrected chi connectivity index (χ3v) is 4.34. The van der Waals surface area contributed by atoms with Crippen molar-refractivity contribution in [2.75, 3.05) is 26.7 Å². The van der Waals surface area contributed by atoms with E-state index in [2.05, 4.69) is 12.2 Å². The maximum absolute atomic E-state index is 11.8. The Labute approximate surface area is 135 Å². The molecule has 0 spiro atoms. The smallest absolute Gasteiger partial charge is 0.327 e. The Morgan fingerprint density at radius 2 is 1.96 bits per heavy atom. The number of nitrogens with zero attached hydrogens (tertiary/aromatic N) is 2. The first-order valence-corrected chi connectivity index (χ1v) is 7.89. The molecule has 4 amide bonds. The number of esters is 1. The molecule has 8 heteroatoms. The molecule has 2 aliphatic rings.